The molecule has 34 heavy (non-hydrogen) atoms. The molecule has 5 N–H and O–H groups in total. The fraction of sp³-hybridized carbons (Fsp3) is 0.455. The zero-order chi connectivity index (χ0) is 24.5. The molecule has 3 aliphatic heterocycles. The van der Waals surface area contributed by atoms with E-state index in [0.29, 0.717) is 5.89 Å². The first-order valence-electron chi connectivity index (χ1n) is 10.8. The number of benzene rings is 1. The molecule has 2 unspecified atom stereocenters. The van der Waals surface area contributed by atoms with Gasteiger partial charge in [0.25, 0.3) is 0 Å². The Bertz CT molecular complexity index is 1230. The van der Waals surface area contributed by atoms with Gasteiger partial charge in [-0.25, -0.2) is 14.2 Å². The Morgan fingerprint density at radius 1 is 1.38 bits per heavy atom. The van der Waals surface area contributed by atoms with E-state index in [1.165, 1.54) is 12.3 Å². The molecular weight excluding hydrogens is 449 g/mol. The summed E-state index contributed by atoms with van der Waals surface area (Å²) < 4.78 is 26.8. The third-order valence-electron chi connectivity index (χ3n) is 6.82. The number of nitrogens with one attached hydrogen (secondary N) is 3. The highest BCUT2D eigenvalue weighted by molar-refractivity contribution is 6.11. The third kappa shape index (κ3) is 3.02. The highest BCUT2D eigenvalue weighted by Crippen LogP contribution is 2.50. The summed E-state index contributed by atoms with van der Waals surface area (Å²) in [5, 5.41) is 34.7. The number of aryl methyl sites for hydroxylation is 1. The molecule has 0 aliphatic carbocycles. The average molecular weight is 473 g/mol. The minimum Gasteiger partial charge on any atom is -0.504 e. The van der Waals surface area contributed by atoms with Crippen LogP contribution in [0.25, 0.3) is 0 Å². The molecule has 2 saturated heterocycles. The molecule has 1 aromatic carbocycles. The number of fused-ring (bicyclic) bond motifs is 4. The number of rotatable bonds is 2. The number of imide groups is 1. The number of oxazole rings is 1. The van der Waals surface area contributed by atoms with E-state index in [0.717, 1.165) is 0 Å². The first-order chi connectivity index (χ1) is 16.0. The number of aliphatic hydroxyl groups is 1. The molecule has 1 aromatic heterocycles. The van der Waals surface area contributed by atoms with Crippen molar-refractivity contribution in [1.82, 2.24) is 15.6 Å². The second kappa shape index (κ2) is 7.50. The summed E-state index contributed by atoms with van der Waals surface area (Å²) in [7, 11) is 0. The average Bonchev–Trinajstić information content (AvgIpc) is 3.19. The van der Waals surface area contributed by atoms with Crippen LogP contribution in [0, 0.1) is 23.6 Å². The van der Waals surface area contributed by atoms with Gasteiger partial charge in [0.15, 0.2) is 17.5 Å². The van der Waals surface area contributed by atoms with Gasteiger partial charge in [-0.05, 0) is 31.9 Å². The van der Waals surface area contributed by atoms with E-state index in [1.54, 1.807) is 25.7 Å². The largest absolute Gasteiger partial charge is 0.504 e. The molecule has 0 bridgehead atoms. The number of aliphatic hydroxyl groups excluding tert-OH is 1. The predicted octanol–water partition coefficient (Wildman–Crippen LogP) is 0.926. The number of amides is 3. The second-order valence-corrected chi connectivity index (χ2v) is 9.02. The lowest BCUT2D eigenvalue weighted by Gasteiger charge is -2.57. The van der Waals surface area contributed by atoms with Crippen molar-refractivity contribution in [2.24, 2.45) is 5.41 Å². The van der Waals surface area contributed by atoms with Crippen LogP contribution in [-0.4, -0.2) is 63.9 Å². The maximum atomic E-state index is 15.8. The smallest absolute Gasteiger partial charge is 0.323 e. The number of anilines is 1. The number of phenolic OH excluding ortho intramolecular Hbond substituents is 1. The van der Waals surface area contributed by atoms with Crippen molar-refractivity contribution in [2.45, 2.75) is 51.7 Å². The van der Waals surface area contributed by atoms with E-state index < -0.39 is 47.3 Å². The summed E-state index contributed by atoms with van der Waals surface area (Å²) in [5.41, 5.74) is -1.54. The summed E-state index contributed by atoms with van der Waals surface area (Å²) in [6.45, 7) is 5.27. The first-order valence-corrected chi connectivity index (χ1v) is 10.8. The lowest BCUT2D eigenvalue weighted by molar-refractivity contribution is -0.155. The van der Waals surface area contributed by atoms with Gasteiger partial charge in [0, 0.05) is 19.0 Å². The number of urea groups is 1. The summed E-state index contributed by atoms with van der Waals surface area (Å²) >= 11 is 0. The van der Waals surface area contributed by atoms with E-state index in [9.17, 15) is 19.8 Å². The van der Waals surface area contributed by atoms with Gasteiger partial charge in [0.1, 0.15) is 23.6 Å². The molecule has 3 amide bonds. The second-order valence-electron chi connectivity index (χ2n) is 9.02. The Morgan fingerprint density at radius 3 is 2.76 bits per heavy atom. The van der Waals surface area contributed by atoms with Gasteiger partial charge in [-0.2, -0.15) is 0 Å². The Balaban J connectivity index is 1.71. The van der Waals surface area contributed by atoms with E-state index in [4.69, 9.17) is 14.6 Å². The fourth-order valence-electron chi connectivity index (χ4n) is 5.51. The van der Waals surface area contributed by atoms with Gasteiger partial charge in [0.2, 0.25) is 5.91 Å². The number of carbonyl (C=O) groups excluding carboxylic acids is 2. The fourth-order valence-corrected chi connectivity index (χ4v) is 5.51. The lowest BCUT2D eigenvalue weighted by atomic mass is 9.65. The standard InChI is InChI=1S/C22H24FN5O6/c1-8-6-28-16-11(4-12(17(29)14(16)23)15(24)13-7-33-10(3)25-13)5-22(18(28)9(2)34-8)19(30)26-21(32)27-20(22)31/h4,7-9,18-19,24,29-30H,5-6H2,1-3H3,(H2,26,27,31,32)/t8-,9+,18-,19?,22?/m1/s1. The highest BCUT2D eigenvalue weighted by atomic mass is 19.1. The maximum Gasteiger partial charge on any atom is 0.323 e. The van der Waals surface area contributed by atoms with Gasteiger partial charge in [-0.3, -0.25) is 15.5 Å². The van der Waals surface area contributed by atoms with Crippen molar-refractivity contribution in [3.63, 3.8) is 0 Å². The monoisotopic (exact) mass is 473 g/mol. The number of halogens is 1. The molecule has 5 atom stereocenters. The van der Waals surface area contributed by atoms with Crippen LogP contribution in [0.15, 0.2) is 16.7 Å². The SMILES string of the molecule is Cc1nc(C(=N)c2cc3c(c(F)c2O)N2C[C@@H](C)O[C@@H](C)[C@@H]2C2(C3)C(=O)NC(=O)NC2O)co1. The van der Waals surface area contributed by atoms with Gasteiger partial charge < -0.3 is 29.6 Å². The molecule has 2 fully saturated rings. The van der Waals surface area contributed by atoms with Crippen molar-refractivity contribution in [2.75, 3.05) is 11.4 Å². The summed E-state index contributed by atoms with van der Waals surface area (Å²) in [4.78, 5) is 30.8. The Labute approximate surface area is 193 Å². The molecule has 180 valence electrons. The Morgan fingerprint density at radius 2 is 2.12 bits per heavy atom. The number of hydrogen-bond acceptors (Lipinski definition) is 9. The molecule has 1 spiro atoms. The Kier molecular flexibility index (Phi) is 4.92. The molecule has 4 heterocycles. The number of aromatic hydroxyl groups is 1. The van der Waals surface area contributed by atoms with Crippen LogP contribution in [0.4, 0.5) is 14.9 Å². The Hall–Kier alpha value is -3.51. The topological polar surface area (TPSA) is 161 Å². The van der Waals surface area contributed by atoms with Crippen molar-refractivity contribution in [1.29, 1.82) is 5.41 Å². The van der Waals surface area contributed by atoms with Gasteiger partial charge in [-0.1, -0.05) is 0 Å². The number of aromatic nitrogens is 1. The van der Waals surface area contributed by atoms with E-state index in [1.807, 2.05) is 0 Å². The van der Waals surface area contributed by atoms with Gasteiger partial charge >= 0.3 is 6.03 Å². The molecule has 0 saturated carbocycles. The molecule has 3 aliphatic rings. The zero-order valence-electron chi connectivity index (χ0n) is 18.7. The predicted molar refractivity (Wildman–Crippen MR) is 115 cm³/mol. The third-order valence-corrected chi connectivity index (χ3v) is 6.82. The van der Waals surface area contributed by atoms with Crippen LogP contribution < -0.4 is 15.5 Å². The minimum absolute atomic E-state index is 0.0694. The molecule has 11 nitrogen and oxygen atoms in total. The molecule has 2 aromatic rings. The molecule has 0 radical (unpaired) electrons. The lowest BCUT2D eigenvalue weighted by Crippen LogP contribution is -2.76. The minimum atomic E-state index is -1.60. The first kappa shape index (κ1) is 22.3. The van der Waals surface area contributed by atoms with Crippen LogP contribution in [0.3, 0.4) is 0 Å². The van der Waals surface area contributed by atoms with Crippen LogP contribution in [0.5, 0.6) is 5.75 Å². The van der Waals surface area contributed by atoms with Crippen molar-refractivity contribution < 1.29 is 33.3 Å². The summed E-state index contributed by atoms with van der Waals surface area (Å²) in [6.07, 6.45) is -1.48. The quantitative estimate of drug-likeness (QED) is 0.403. The number of phenols is 1. The molecule has 12 heteroatoms. The number of nitrogens with zero attached hydrogens (tertiary/aromatic N) is 2. The zero-order valence-corrected chi connectivity index (χ0v) is 18.7. The van der Waals surface area contributed by atoms with E-state index >= 15 is 4.39 Å². The summed E-state index contributed by atoms with van der Waals surface area (Å²) in [5.74, 6) is -2.10. The van der Waals surface area contributed by atoms with Crippen molar-refractivity contribution in [3.05, 3.63) is 40.9 Å². The van der Waals surface area contributed by atoms with Crippen molar-refractivity contribution in [3.8, 4) is 5.75 Å². The van der Waals surface area contributed by atoms with Gasteiger partial charge in [-0.15, -0.1) is 0 Å². The van der Waals surface area contributed by atoms with Crippen LogP contribution in [-0.2, 0) is 16.0 Å². The van der Waals surface area contributed by atoms with Crippen molar-refractivity contribution >= 4 is 23.3 Å². The van der Waals surface area contributed by atoms with E-state index in [-0.39, 0.29) is 47.3 Å². The number of ether oxygens (including phenoxy) is 1. The number of hydrogen-bond donors (Lipinski definition) is 5. The maximum absolute atomic E-state index is 15.8. The van der Waals surface area contributed by atoms with Crippen LogP contribution >= 0.6 is 0 Å². The van der Waals surface area contributed by atoms with Gasteiger partial charge in [0.05, 0.1) is 29.6 Å². The number of carbonyl (C=O) groups is 2. The molecule has 5 rings (SSSR count). The van der Waals surface area contributed by atoms with Crippen LogP contribution in [0.1, 0.15) is 36.6 Å². The molecular formula is C22H24FN5O6. The number of morpholine rings is 1. The normalized spacial score (nSPS) is 30.4. The van der Waals surface area contributed by atoms with E-state index in [2.05, 4.69) is 15.6 Å². The van der Waals surface area contributed by atoms with Crippen LogP contribution in [0.2, 0.25) is 0 Å². The summed E-state index contributed by atoms with van der Waals surface area (Å²) in [6, 6.07) is -0.262. The highest BCUT2D eigenvalue weighted by Gasteiger charge is 2.62.